The molecule has 0 spiro atoms. The maximum Gasteiger partial charge on any atom is 0.270 e. The molecule has 128 valence electrons. The smallest absolute Gasteiger partial charge is 0.270 e. The molecule has 1 aliphatic rings. The van der Waals surface area contributed by atoms with Crippen molar-refractivity contribution in [3.05, 3.63) is 78.6 Å². The van der Waals surface area contributed by atoms with Crippen LogP contribution in [-0.4, -0.2) is 4.57 Å². The van der Waals surface area contributed by atoms with Crippen LogP contribution in [0.3, 0.4) is 0 Å². The molecule has 0 N–H and O–H groups in total. The largest absolute Gasteiger partial charge is 0.465 e. The fraction of sp³-hybridized carbons (Fsp3) is 0.174. The van der Waals surface area contributed by atoms with Crippen molar-refractivity contribution in [2.24, 2.45) is 0 Å². The molecule has 4 aromatic rings. The minimum absolute atomic E-state index is 0.143. The molecule has 0 bridgehead atoms. The second kappa shape index (κ2) is 5.21. The highest BCUT2D eigenvalue weighted by Crippen LogP contribution is 2.36. The number of ether oxygens (including phenoxy) is 1. The summed E-state index contributed by atoms with van der Waals surface area (Å²) in [6.07, 6.45) is 3.52. The fourth-order valence-corrected chi connectivity index (χ4v) is 3.53. The molecule has 1 aliphatic heterocycles. The highest BCUT2D eigenvalue weighted by atomic mass is 16.5. The highest BCUT2D eigenvalue weighted by Gasteiger charge is 2.23. The van der Waals surface area contributed by atoms with E-state index in [0.29, 0.717) is 0 Å². The van der Waals surface area contributed by atoms with Crippen molar-refractivity contribution in [2.45, 2.75) is 26.2 Å². The lowest BCUT2D eigenvalue weighted by Gasteiger charge is -2.19. The lowest BCUT2D eigenvalue weighted by Crippen LogP contribution is -2.32. The van der Waals surface area contributed by atoms with Crippen molar-refractivity contribution in [3.8, 4) is 22.9 Å². The number of fused-ring (bicyclic) bond motifs is 2. The van der Waals surface area contributed by atoms with Crippen LogP contribution in [0.2, 0.25) is 0 Å². The van der Waals surface area contributed by atoms with E-state index in [2.05, 4.69) is 72.6 Å². The van der Waals surface area contributed by atoms with E-state index in [1.54, 1.807) is 0 Å². The van der Waals surface area contributed by atoms with E-state index in [-0.39, 0.29) is 5.41 Å². The molecule has 5 rings (SSSR count). The number of benzene rings is 3. The number of rotatable bonds is 1. The van der Waals surface area contributed by atoms with Gasteiger partial charge in [0.15, 0.2) is 0 Å². The topological polar surface area (TPSA) is 18.0 Å². The molecule has 0 radical (unpaired) electrons. The van der Waals surface area contributed by atoms with Crippen molar-refractivity contribution in [1.82, 2.24) is 4.57 Å². The molecule has 0 fully saturated rings. The molecule has 3 aromatic carbocycles. The van der Waals surface area contributed by atoms with Crippen molar-refractivity contribution in [2.75, 3.05) is 0 Å². The normalized spacial score (nSPS) is 12.7. The van der Waals surface area contributed by atoms with Crippen LogP contribution >= 0.6 is 0 Å². The van der Waals surface area contributed by atoms with Gasteiger partial charge in [0.2, 0.25) is 0 Å². The van der Waals surface area contributed by atoms with E-state index < -0.39 is 0 Å². The molecule has 1 aromatic heterocycles. The second-order valence-corrected chi connectivity index (χ2v) is 7.76. The molecule has 3 heteroatoms. The van der Waals surface area contributed by atoms with Crippen LogP contribution in [0.1, 0.15) is 26.3 Å². The summed E-state index contributed by atoms with van der Waals surface area (Å²) in [5.74, 6) is 1.72. The maximum absolute atomic E-state index is 6.11. The zero-order valence-corrected chi connectivity index (χ0v) is 15.2. The Bertz CT molecular complexity index is 1130. The van der Waals surface area contributed by atoms with Gasteiger partial charge in [-0.2, -0.15) is 0 Å². The summed E-state index contributed by atoms with van der Waals surface area (Å²) in [5.41, 5.74) is 5.71. The van der Waals surface area contributed by atoms with Crippen LogP contribution in [0.4, 0.5) is 0 Å². The average molecular weight is 340 g/mol. The molecule has 0 atom stereocenters. The molecule has 3 nitrogen and oxygen atoms in total. The van der Waals surface area contributed by atoms with Crippen LogP contribution < -0.4 is 9.30 Å². The van der Waals surface area contributed by atoms with Gasteiger partial charge < -0.3 is 4.74 Å². The van der Waals surface area contributed by atoms with Crippen LogP contribution in [0, 0.1) is 6.33 Å². The number of nitrogens with zero attached hydrogens (tertiary/aromatic N) is 2. The van der Waals surface area contributed by atoms with Gasteiger partial charge in [-0.15, -0.1) is 0 Å². The lowest BCUT2D eigenvalue weighted by atomic mass is 9.87. The summed E-state index contributed by atoms with van der Waals surface area (Å²) in [4.78, 5) is 0. The Morgan fingerprint density at radius 3 is 2.35 bits per heavy atom. The second-order valence-electron chi connectivity index (χ2n) is 7.76. The predicted octanol–water partition coefficient (Wildman–Crippen LogP) is 5.11. The van der Waals surface area contributed by atoms with E-state index in [0.717, 1.165) is 33.9 Å². The molecule has 2 heterocycles. The maximum atomic E-state index is 6.11. The molecule has 26 heavy (non-hydrogen) atoms. The van der Waals surface area contributed by atoms with Gasteiger partial charge in [-0.25, -0.2) is 0 Å². The summed E-state index contributed by atoms with van der Waals surface area (Å²) >= 11 is 0. The summed E-state index contributed by atoms with van der Waals surface area (Å²) in [7, 11) is 0. The molecular weight excluding hydrogens is 320 g/mol. The predicted molar refractivity (Wildman–Crippen MR) is 102 cm³/mol. The number of aromatic nitrogens is 2. The molecule has 0 unspecified atom stereocenters. The highest BCUT2D eigenvalue weighted by molar-refractivity contribution is 5.82. The molecule has 0 saturated carbocycles. The van der Waals surface area contributed by atoms with E-state index in [1.807, 2.05) is 30.3 Å². The summed E-state index contributed by atoms with van der Waals surface area (Å²) in [5, 5.41) is 0. The Labute approximate surface area is 153 Å². The minimum atomic E-state index is 0.143. The van der Waals surface area contributed by atoms with E-state index in [4.69, 9.17) is 4.74 Å². The van der Waals surface area contributed by atoms with Crippen LogP contribution in [0.5, 0.6) is 11.5 Å². The number of imidazole rings is 1. The van der Waals surface area contributed by atoms with Gasteiger partial charge in [-0.1, -0.05) is 57.2 Å². The van der Waals surface area contributed by atoms with Crippen molar-refractivity contribution < 1.29 is 9.30 Å². The minimum Gasteiger partial charge on any atom is -0.465 e. The van der Waals surface area contributed by atoms with Gasteiger partial charge in [-0.3, -0.25) is 9.13 Å². The van der Waals surface area contributed by atoms with E-state index in [9.17, 15) is 0 Å². The Balaban J connectivity index is 1.74. The van der Waals surface area contributed by atoms with Gasteiger partial charge in [0.25, 0.3) is 6.33 Å². The Kier molecular flexibility index (Phi) is 3.05. The van der Waals surface area contributed by atoms with Gasteiger partial charge in [0, 0.05) is 0 Å². The van der Waals surface area contributed by atoms with Gasteiger partial charge in [-0.05, 0) is 41.3 Å². The molecule has 0 amide bonds. The third-order valence-corrected chi connectivity index (χ3v) is 4.96. The number of hydrogen-bond acceptors (Lipinski definition) is 1. The fourth-order valence-electron chi connectivity index (χ4n) is 3.53. The number of hydrogen-bond donors (Lipinski definition) is 0. The first-order valence-electron chi connectivity index (χ1n) is 8.89. The quantitative estimate of drug-likeness (QED) is 0.306. The molecule has 0 aliphatic carbocycles. The summed E-state index contributed by atoms with van der Waals surface area (Å²) in [6.45, 7) is 6.70. The Hall–Kier alpha value is -3.07. The van der Waals surface area contributed by atoms with Gasteiger partial charge in [0.1, 0.15) is 22.7 Å². The first-order valence-corrected chi connectivity index (χ1v) is 8.89. The summed E-state index contributed by atoms with van der Waals surface area (Å²) in [6, 6.07) is 23.0. The van der Waals surface area contributed by atoms with Gasteiger partial charge >= 0.3 is 0 Å². The van der Waals surface area contributed by atoms with Crippen LogP contribution in [0.25, 0.3) is 22.4 Å². The van der Waals surface area contributed by atoms with Gasteiger partial charge in [0.05, 0.1) is 11.2 Å². The first-order chi connectivity index (χ1) is 12.5. The average Bonchev–Trinajstić information content (AvgIpc) is 3.03. The van der Waals surface area contributed by atoms with E-state index >= 15 is 0 Å². The van der Waals surface area contributed by atoms with Crippen molar-refractivity contribution >= 4 is 11.0 Å². The standard InChI is InChI=1S/C23H20N2O/c1-23(2,3)16-11-13-17(14-12-16)24-15-25-18-7-4-5-9-20(18)26-21-10-6-8-19(24)22(21)25/h4-14H,1-3H3. The Morgan fingerprint density at radius 2 is 1.58 bits per heavy atom. The third-order valence-electron chi connectivity index (χ3n) is 4.96. The zero-order chi connectivity index (χ0) is 17.9. The lowest BCUT2D eigenvalue weighted by molar-refractivity contribution is -0.575. The zero-order valence-electron chi connectivity index (χ0n) is 15.2. The molecular formula is C23H20N2O. The third kappa shape index (κ3) is 2.17. The number of para-hydroxylation sites is 3. The monoisotopic (exact) mass is 340 g/mol. The Morgan fingerprint density at radius 1 is 0.846 bits per heavy atom. The van der Waals surface area contributed by atoms with Crippen LogP contribution in [0.15, 0.2) is 66.7 Å². The first kappa shape index (κ1) is 15.2. The van der Waals surface area contributed by atoms with Crippen molar-refractivity contribution in [1.29, 1.82) is 0 Å². The molecule has 0 saturated heterocycles. The van der Waals surface area contributed by atoms with Crippen molar-refractivity contribution in [3.63, 3.8) is 0 Å². The SMILES string of the molecule is CC(C)(C)c1ccc(-n2[c-][n+]3c4c(cccc42)Oc2ccccc2-3)cc1. The van der Waals surface area contributed by atoms with E-state index in [1.165, 1.54) is 5.56 Å². The van der Waals surface area contributed by atoms with Crippen LogP contribution in [-0.2, 0) is 5.41 Å². The summed E-state index contributed by atoms with van der Waals surface area (Å²) < 4.78 is 10.3.